The Balaban J connectivity index is -0.00000000333. The van der Waals surface area contributed by atoms with Crippen molar-refractivity contribution >= 4 is 6.47 Å². The Morgan fingerprint density at radius 1 is 1.00 bits per heavy atom. The summed E-state index contributed by atoms with van der Waals surface area (Å²) in [4.78, 5) is 8.25. The molecule has 0 rings (SSSR count). The molecule has 0 aliphatic heterocycles. The maximum Gasteiger partial charge on any atom is 0.0275 e. The van der Waals surface area contributed by atoms with Gasteiger partial charge in [0.2, 0.25) is 0 Å². The third-order valence-corrected chi connectivity index (χ3v) is 0. The summed E-state index contributed by atoms with van der Waals surface area (Å²) in [6, 6.07) is 0. The van der Waals surface area contributed by atoms with Gasteiger partial charge < -0.3 is 31.8 Å². The lowest BCUT2D eigenvalue weighted by Gasteiger charge is -1.52. The monoisotopic (exact) mass is 117 g/mol. The van der Waals surface area contributed by atoms with Crippen molar-refractivity contribution < 1.29 is 31.8 Å². The van der Waals surface area contributed by atoms with Gasteiger partial charge in [-0.3, -0.25) is 0 Å². The Morgan fingerprint density at radius 3 is 1.00 bits per heavy atom. The molecule has 0 heterocycles. The molecule has 0 fully saturated rings. The molecule has 6 heteroatoms. The first-order valence-electron chi connectivity index (χ1n) is 0.471. The van der Waals surface area contributed by atoms with Gasteiger partial charge in [0, 0.05) is 6.47 Å². The Bertz CT molecular complexity index is 11.7. The van der Waals surface area contributed by atoms with Gasteiger partial charge in [-0.1, -0.05) is 0 Å². The molecule has 0 aromatic carbocycles. The first kappa shape index (κ1) is 104. The minimum atomic E-state index is -0.500. The van der Waals surface area contributed by atoms with Gasteiger partial charge in [-0.15, -0.1) is 0 Å². The van der Waals surface area contributed by atoms with Crippen LogP contribution in [0.5, 0.6) is 0 Å². The van der Waals surface area contributed by atoms with Crippen LogP contribution in [-0.4, -0.2) is 28.4 Å². The van der Waals surface area contributed by atoms with Gasteiger partial charge >= 0.3 is 0 Å². The Morgan fingerprint density at radius 2 is 1.00 bits per heavy atom. The zero-order valence-electron chi connectivity index (χ0n) is 3.39. The van der Waals surface area contributed by atoms with E-state index in [1.807, 2.05) is 0 Å². The molecule has 0 saturated heterocycles. The van der Waals surface area contributed by atoms with Crippen molar-refractivity contribution in [3.8, 4) is 0 Å². The number of carbonyl (C=O) groups excluding carboxylic acids is 1. The quantitative estimate of drug-likeness (QED) is 0.290. The number of carboxylic acid groups (broad SMARTS) is 1. The van der Waals surface area contributed by atoms with Crippen LogP contribution < -0.4 is 5.11 Å². The zero-order chi connectivity index (χ0) is 2.71. The summed E-state index contributed by atoms with van der Waals surface area (Å²) in [5.74, 6) is 0. The van der Waals surface area contributed by atoms with Crippen LogP contribution in [0.1, 0.15) is 0 Å². The smallest absolute Gasteiger partial charge is 0.0275 e. The van der Waals surface area contributed by atoms with Gasteiger partial charge in [0.1, 0.15) is 0 Å². The van der Waals surface area contributed by atoms with Crippen molar-refractivity contribution in [2.75, 3.05) is 0 Å². The van der Waals surface area contributed by atoms with Crippen LogP contribution in [0.25, 0.3) is 0 Å². The molecule has 0 radical (unpaired) electrons. The predicted molar refractivity (Wildman–Crippen MR) is 20.5 cm³/mol. The van der Waals surface area contributed by atoms with Crippen LogP contribution in [0, 0.1) is 0 Å². The lowest BCUT2D eigenvalue weighted by Crippen LogP contribution is -2.01. The summed E-state index contributed by atoms with van der Waals surface area (Å²) in [7, 11) is 0. The van der Waals surface area contributed by atoms with E-state index in [1.54, 1.807) is 0 Å². The van der Waals surface area contributed by atoms with Gasteiger partial charge in [-0.2, -0.15) is 0 Å². The van der Waals surface area contributed by atoms with E-state index < -0.39 is 6.47 Å². The third-order valence-electron chi connectivity index (χ3n) is 0. The summed E-state index contributed by atoms with van der Waals surface area (Å²) >= 11 is 0. The zero-order valence-corrected chi connectivity index (χ0v) is 3.39. The average Bonchev–Trinajstić information content (AvgIpc) is 0.918. The largest absolute Gasteiger partial charge is 0.554 e. The van der Waals surface area contributed by atoms with Gasteiger partial charge in [-0.05, 0) is 0 Å². The standard InChI is InChI=1S/CH2O2.4H2O/c2-1-3;;;;/h1H,(H,2,3);4*1H2/p-1. The van der Waals surface area contributed by atoms with E-state index >= 15 is 0 Å². The molecule has 50 valence electrons. The average molecular weight is 117 g/mol. The van der Waals surface area contributed by atoms with Crippen molar-refractivity contribution in [1.29, 1.82) is 0 Å². The van der Waals surface area contributed by atoms with E-state index in [9.17, 15) is 0 Å². The molecule has 0 atom stereocenters. The second kappa shape index (κ2) is 1030. The number of carbonyl (C=O) groups is 1. The van der Waals surface area contributed by atoms with Crippen molar-refractivity contribution in [3.05, 3.63) is 0 Å². The fraction of sp³-hybridized carbons (Fsp3) is 0. The molecule has 0 amide bonds. The molecular weight excluding hydrogens is 108 g/mol. The molecule has 0 saturated carbocycles. The molecule has 0 unspecified atom stereocenters. The summed E-state index contributed by atoms with van der Waals surface area (Å²) < 4.78 is 0. The minimum Gasteiger partial charge on any atom is -0.554 e. The van der Waals surface area contributed by atoms with E-state index in [1.165, 1.54) is 0 Å². The second-order valence-electron chi connectivity index (χ2n) is 0.0962. The van der Waals surface area contributed by atoms with E-state index in [2.05, 4.69) is 0 Å². The molecule has 0 aliphatic carbocycles. The minimum absolute atomic E-state index is 0. The van der Waals surface area contributed by atoms with Crippen molar-refractivity contribution in [2.24, 2.45) is 0 Å². The second-order valence-corrected chi connectivity index (χ2v) is 0.0962. The van der Waals surface area contributed by atoms with E-state index in [0.717, 1.165) is 0 Å². The van der Waals surface area contributed by atoms with Crippen molar-refractivity contribution in [1.82, 2.24) is 0 Å². The Hall–Kier alpha value is -0.690. The maximum atomic E-state index is 8.25. The maximum absolute atomic E-state index is 8.25. The highest BCUT2D eigenvalue weighted by Gasteiger charge is 0.996. The SMILES string of the molecule is O.O.O.O.O=C[O-]. The van der Waals surface area contributed by atoms with Crippen molar-refractivity contribution in [3.63, 3.8) is 0 Å². The summed E-state index contributed by atoms with van der Waals surface area (Å²) in [5.41, 5.74) is 0. The van der Waals surface area contributed by atoms with E-state index in [0.29, 0.717) is 0 Å². The lowest BCUT2D eigenvalue weighted by atomic mass is 11.7. The molecular formula is CH9O6-. The van der Waals surface area contributed by atoms with Gasteiger partial charge in [-0.25, -0.2) is 0 Å². The molecule has 6 nitrogen and oxygen atoms in total. The van der Waals surface area contributed by atoms with Gasteiger partial charge in [0.25, 0.3) is 0 Å². The molecule has 7 heavy (non-hydrogen) atoms. The Kier molecular flexibility index (Phi) is 15200. The van der Waals surface area contributed by atoms with Crippen LogP contribution in [0.4, 0.5) is 0 Å². The highest BCUT2D eigenvalue weighted by molar-refractivity contribution is 5.29. The van der Waals surface area contributed by atoms with E-state index in [-0.39, 0.29) is 21.9 Å². The van der Waals surface area contributed by atoms with Crippen LogP contribution in [0.2, 0.25) is 0 Å². The first-order chi connectivity index (χ1) is 1.41. The highest BCUT2D eigenvalue weighted by atomic mass is 16.3. The van der Waals surface area contributed by atoms with Crippen LogP contribution in [0.3, 0.4) is 0 Å². The number of hydrogen-bond donors (Lipinski definition) is 0. The summed E-state index contributed by atoms with van der Waals surface area (Å²) in [5, 5.41) is 8.25. The predicted octanol–water partition coefficient (Wildman–Crippen LogP) is -4.93. The van der Waals surface area contributed by atoms with Crippen molar-refractivity contribution in [2.45, 2.75) is 0 Å². The first-order valence-corrected chi connectivity index (χ1v) is 0.471. The van der Waals surface area contributed by atoms with Gasteiger partial charge in [0.05, 0.1) is 0 Å². The molecule has 0 aliphatic rings. The van der Waals surface area contributed by atoms with E-state index in [4.69, 9.17) is 9.90 Å². The fourth-order valence-electron chi connectivity index (χ4n) is 0. The van der Waals surface area contributed by atoms with Crippen LogP contribution in [-0.2, 0) is 4.79 Å². The third kappa shape index (κ3) is 122. The summed E-state index contributed by atoms with van der Waals surface area (Å²) in [6.45, 7) is -0.500. The van der Waals surface area contributed by atoms with Crippen LogP contribution >= 0.6 is 0 Å². The number of hydrogen-bond acceptors (Lipinski definition) is 2. The normalized spacial score (nSPS) is 1.71. The van der Waals surface area contributed by atoms with Gasteiger partial charge in [0.15, 0.2) is 0 Å². The van der Waals surface area contributed by atoms with Crippen LogP contribution in [0.15, 0.2) is 0 Å². The molecule has 0 bridgehead atoms. The summed E-state index contributed by atoms with van der Waals surface area (Å²) in [6.07, 6.45) is 0. The Labute approximate surface area is 39.6 Å². The molecule has 8 N–H and O–H groups in total. The lowest BCUT2D eigenvalue weighted by molar-refractivity contribution is -0.283. The topological polar surface area (TPSA) is 166 Å². The molecule has 0 spiro atoms. The molecule has 0 aromatic heterocycles. The number of rotatable bonds is 0. The molecule has 0 aromatic rings. The highest BCUT2D eigenvalue weighted by Crippen LogP contribution is 0.754. The fourth-order valence-corrected chi connectivity index (χ4v) is 0.